The summed E-state index contributed by atoms with van der Waals surface area (Å²) in [5.41, 5.74) is 5.65. The Balaban J connectivity index is 1.59. The Kier molecular flexibility index (Phi) is 7.65. The van der Waals surface area contributed by atoms with Gasteiger partial charge in [0, 0.05) is 12.1 Å². The Morgan fingerprint density at radius 3 is 2.33 bits per heavy atom. The molecule has 2 aromatic carbocycles. The van der Waals surface area contributed by atoms with E-state index in [-0.39, 0.29) is 22.6 Å². The van der Waals surface area contributed by atoms with Gasteiger partial charge in [0.25, 0.3) is 5.91 Å². The minimum Gasteiger partial charge on any atom is -0.478 e. The summed E-state index contributed by atoms with van der Waals surface area (Å²) in [7, 11) is 0. The largest absolute Gasteiger partial charge is 0.478 e. The minimum atomic E-state index is -0.992. The van der Waals surface area contributed by atoms with Gasteiger partial charge in [0.15, 0.2) is 11.0 Å². The van der Waals surface area contributed by atoms with Gasteiger partial charge in [-0.25, -0.2) is 10.2 Å². The zero-order chi connectivity index (χ0) is 24.0. The first kappa shape index (κ1) is 24.2. The molecule has 0 atom stereocenters. The standard InChI is InChI=1S/C24H27N5O3S/c1-5-29-21(17-10-12-19(13-11-17)24(2,3)4)27-28-23(29)33-15-20(30)26-25-14-16-6-8-18(9-7-16)22(31)32/h6-14H,5,15H2,1-4H3,(H,26,30)(H,31,32)/b25-14+. The maximum absolute atomic E-state index is 12.2. The summed E-state index contributed by atoms with van der Waals surface area (Å²) in [6, 6.07) is 14.5. The molecule has 0 unspecified atom stereocenters. The van der Waals surface area contributed by atoms with E-state index in [1.54, 1.807) is 12.1 Å². The number of carbonyl (C=O) groups is 2. The van der Waals surface area contributed by atoms with Gasteiger partial charge in [-0.2, -0.15) is 5.10 Å². The van der Waals surface area contributed by atoms with Gasteiger partial charge < -0.3 is 9.67 Å². The smallest absolute Gasteiger partial charge is 0.335 e. The molecule has 33 heavy (non-hydrogen) atoms. The molecular weight excluding hydrogens is 438 g/mol. The third-order valence-corrected chi connectivity index (χ3v) is 5.90. The fourth-order valence-electron chi connectivity index (χ4n) is 3.07. The molecule has 2 N–H and O–H groups in total. The molecule has 172 valence electrons. The zero-order valence-corrected chi connectivity index (χ0v) is 19.9. The summed E-state index contributed by atoms with van der Waals surface area (Å²) in [5.74, 6) is -0.367. The number of aromatic carboxylic acids is 1. The van der Waals surface area contributed by atoms with Crippen LogP contribution in [0.4, 0.5) is 0 Å². The summed E-state index contributed by atoms with van der Waals surface area (Å²) >= 11 is 1.29. The topological polar surface area (TPSA) is 109 Å². The first-order valence-corrected chi connectivity index (χ1v) is 11.5. The molecule has 0 aliphatic heterocycles. The first-order valence-electron chi connectivity index (χ1n) is 10.5. The van der Waals surface area contributed by atoms with Crippen molar-refractivity contribution in [2.75, 3.05) is 5.75 Å². The van der Waals surface area contributed by atoms with Crippen LogP contribution in [0.1, 0.15) is 49.2 Å². The number of hydrazone groups is 1. The number of thioether (sulfide) groups is 1. The molecule has 1 aromatic heterocycles. The predicted molar refractivity (Wildman–Crippen MR) is 130 cm³/mol. The number of hydrogen-bond acceptors (Lipinski definition) is 6. The van der Waals surface area contributed by atoms with E-state index in [0.29, 0.717) is 17.3 Å². The molecule has 0 fully saturated rings. The van der Waals surface area contributed by atoms with Gasteiger partial charge in [0.2, 0.25) is 0 Å². The van der Waals surface area contributed by atoms with Crippen LogP contribution in [0.5, 0.6) is 0 Å². The monoisotopic (exact) mass is 465 g/mol. The lowest BCUT2D eigenvalue weighted by atomic mass is 9.87. The molecule has 1 heterocycles. The van der Waals surface area contributed by atoms with Gasteiger partial charge in [0.1, 0.15) is 0 Å². The summed E-state index contributed by atoms with van der Waals surface area (Å²) < 4.78 is 1.98. The van der Waals surface area contributed by atoms with Crippen LogP contribution in [-0.4, -0.2) is 43.7 Å². The number of carboxylic acid groups (broad SMARTS) is 1. The van der Waals surface area contributed by atoms with E-state index >= 15 is 0 Å². The molecule has 0 saturated heterocycles. The fourth-order valence-corrected chi connectivity index (χ4v) is 3.86. The van der Waals surface area contributed by atoms with Crippen LogP contribution in [0.15, 0.2) is 58.8 Å². The molecule has 9 heteroatoms. The number of carbonyl (C=O) groups excluding carboxylic acids is 1. The maximum atomic E-state index is 12.2. The lowest BCUT2D eigenvalue weighted by Crippen LogP contribution is -2.20. The molecule has 0 saturated carbocycles. The molecule has 3 rings (SSSR count). The molecular formula is C24H27N5O3S. The highest BCUT2D eigenvalue weighted by Gasteiger charge is 2.17. The van der Waals surface area contributed by atoms with E-state index in [0.717, 1.165) is 11.4 Å². The van der Waals surface area contributed by atoms with Crippen LogP contribution in [0.3, 0.4) is 0 Å². The van der Waals surface area contributed by atoms with Gasteiger partial charge in [0.05, 0.1) is 17.5 Å². The van der Waals surface area contributed by atoms with Crippen LogP contribution >= 0.6 is 11.8 Å². The first-order chi connectivity index (χ1) is 15.7. The van der Waals surface area contributed by atoms with E-state index in [4.69, 9.17) is 5.11 Å². The van der Waals surface area contributed by atoms with E-state index in [1.807, 2.05) is 11.5 Å². The van der Waals surface area contributed by atoms with Crippen molar-refractivity contribution in [3.8, 4) is 11.4 Å². The van der Waals surface area contributed by atoms with Gasteiger partial charge in [-0.3, -0.25) is 4.79 Å². The minimum absolute atomic E-state index is 0.0791. The summed E-state index contributed by atoms with van der Waals surface area (Å²) in [6.45, 7) is 9.22. The molecule has 0 radical (unpaired) electrons. The average molecular weight is 466 g/mol. The summed E-state index contributed by atoms with van der Waals surface area (Å²) in [4.78, 5) is 23.1. The highest BCUT2D eigenvalue weighted by atomic mass is 32.2. The van der Waals surface area contributed by atoms with Gasteiger partial charge >= 0.3 is 5.97 Å². The highest BCUT2D eigenvalue weighted by Crippen LogP contribution is 2.27. The van der Waals surface area contributed by atoms with Crippen molar-refractivity contribution in [3.63, 3.8) is 0 Å². The molecule has 0 spiro atoms. The van der Waals surface area contributed by atoms with Crippen molar-refractivity contribution in [2.45, 2.75) is 44.8 Å². The summed E-state index contributed by atoms with van der Waals surface area (Å²) in [5, 5.41) is 22.1. The number of nitrogens with one attached hydrogen (secondary N) is 1. The van der Waals surface area contributed by atoms with E-state index in [2.05, 4.69) is 65.8 Å². The molecule has 3 aromatic rings. The fraction of sp³-hybridized carbons (Fsp3) is 0.292. The maximum Gasteiger partial charge on any atom is 0.335 e. The number of amides is 1. The van der Waals surface area contributed by atoms with Gasteiger partial charge in [-0.05, 0) is 35.6 Å². The van der Waals surface area contributed by atoms with Gasteiger partial charge in [-0.15, -0.1) is 10.2 Å². The second-order valence-electron chi connectivity index (χ2n) is 8.39. The summed E-state index contributed by atoms with van der Waals surface area (Å²) in [6.07, 6.45) is 1.46. The van der Waals surface area contributed by atoms with Crippen molar-refractivity contribution >= 4 is 29.9 Å². The molecule has 0 bridgehead atoms. The number of rotatable bonds is 8. The van der Waals surface area contributed by atoms with Crippen molar-refractivity contribution in [3.05, 3.63) is 65.2 Å². The molecule has 0 aliphatic rings. The molecule has 1 amide bonds. The zero-order valence-electron chi connectivity index (χ0n) is 19.1. The van der Waals surface area contributed by atoms with Crippen molar-refractivity contribution < 1.29 is 14.7 Å². The van der Waals surface area contributed by atoms with Crippen LogP contribution in [0.2, 0.25) is 0 Å². The van der Waals surface area contributed by atoms with E-state index < -0.39 is 5.97 Å². The lowest BCUT2D eigenvalue weighted by Gasteiger charge is -2.19. The quantitative estimate of drug-likeness (QED) is 0.293. The Labute approximate surface area is 197 Å². The molecule has 0 aliphatic carbocycles. The van der Waals surface area contributed by atoms with Crippen LogP contribution in [-0.2, 0) is 16.8 Å². The lowest BCUT2D eigenvalue weighted by molar-refractivity contribution is -0.118. The Hall–Kier alpha value is -3.46. The second-order valence-corrected chi connectivity index (χ2v) is 9.33. The SMILES string of the molecule is CCn1c(SCC(=O)N/N=C/c2ccc(C(=O)O)cc2)nnc1-c1ccc(C(C)(C)C)cc1. The van der Waals surface area contributed by atoms with Crippen LogP contribution in [0, 0.1) is 0 Å². The van der Waals surface area contributed by atoms with Crippen LogP contribution < -0.4 is 5.43 Å². The number of nitrogens with zero attached hydrogens (tertiary/aromatic N) is 4. The highest BCUT2D eigenvalue weighted by molar-refractivity contribution is 7.99. The Morgan fingerprint density at radius 2 is 1.76 bits per heavy atom. The Morgan fingerprint density at radius 1 is 1.09 bits per heavy atom. The van der Waals surface area contributed by atoms with Crippen molar-refractivity contribution in [2.24, 2.45) is 5.10 Å². The average Bonchev–Trinajstić information content (AvgIpc) is 3.20. The van der Waals surface area contributed by atoms with Crippen molar-refractivity contribution in [1.82, 2.24) is 20.2 Å². The second kappa shape index (κ2) is 10.4. The molecule has 8 nitrogen and oxygen atoms in total. The van der Waals surface area contributed by atoms with E-state index in [9.17, 15) is 9.59 Å². The number of aromatic nitrogens is 3. The van der Waals surface area contributed by atoms with E-state index in [1.165, 1.54) is 35.7 Å². The Bertz CT molecular complexity index is 1150. The third kappa shape index (κ3) is 6.29. The number of carboxylic acids is 1. The van der Waals surface area contributed by atoms with Crippen LogP contribution in [0.25, 0.3) is 11.4 Å². The predicted octanol–water partition coefficient (Wildman–Crippen LogP) is 4.20. The number of benzene rings is 2. The number of hydrogen-bond donors (Lipinski definition) is 2. The van der Waals surface area contributed by atoms with Crippen molar-refractivity contribution in [1.29, 1.82) is 0 Å². The van der Waals surface area contributed by atoms with Gasteiger partial charge in [-0.1, -0.05) is 68.9 Å². The normalized spacial score (nSPS) is 11.6. The third-order valence-electron chi connectivity index (χ3n) is 4.94.